The van der Waals surface area contributed by atoms with Crippen molar-refractivity contribution in [1.29, 1.82) is 0 Å². The van der Waals surface area contributed by atoms with Gasteiger partial charge in [0, 0.05) is 11.1 Å². The summed E-state index contributed by atoms with van der Waals surface area (Å²) in [5.41, 5.74) is 7.00. The lowest BCUT2D eigenvalue weighted by atomic mass is 9.98. The number of amidine groups is 1. The van der Waals surface area contributed by atoms with Gasteiger partial charge >= 0.3 is 6.09 Å². The molecule has 10 heteroatoms. The maximum atomic E-state index is 13.1. The quantitative estimate of drug-likeness (QED) is 0.186. The Morgan fingerprint density at radius 1 is 0.970 bits per heavy atom. The molecule has 0 saturated carbocycles. The summed E-state index contributed by atoms with van der Waals surface area (Å²) in [4.78, 5) is 24.7. The number of nitrogens with zero attached hydrogens (tertiary/aromatic N) is 3. The van der Waals surface area contributed by atoms with Gasteiger partial charge in [0.05, 0.1) is 0 Å². The molecule has 176 valence electrons. The van der Waals surface area contributed by atoms with E-state index in [4.69, 9.17) is 56.1 Å². The highest BCUT2D eigenvalue weighted by atomic mass is 35.6. The highest BCUT2D eigenvalue weighted by molar-refractivity contribution is 6.70. The van der Waals surface area contributed by atoms with Crippen LogP contribution < -0.4 is 0 Å². The van der Waals surface area contributed by atoms with Crippen LogP contribution in [-0.4, -0.2) is 32.0 Å². The van der Waals surface area contributed by atoms with Gasteiger partial charge in [-0.3, -0.25) is 4.84 Å². The summed E-state index contributed by atoms with van der Waals surface area (Å²) in [7, 11) is 0. The summed E-state index contributed by atoms with van der Waals surface area (Å²) < 4.78 is -2.01. The highest BCUT2D eigenvalue weighted by Gasteiger charge is 2.50. The number of rotatable bonds is 3. The number of benzene rings is 2. The molecule has 1 aliphatic rings. The second-order valence-electron chi connectivity index (χ2n) is 8.07. The number of amides is 1. The Balaban J connectivity index is 1.97. The van der Waals surface area contributed by atoms with E-state index >= 15 is 0 Å². The zero-order valence-electron chi connectivity index (χ0n) is 19.0. The van der Waals surface area contributed by atoms with Gasteiger partial charge in [-0.15, -0.1) is 0 Å². The third kappa shape index (κ3) is 5.40. The molecule has 0 spiro atoms. The van der Waals surface area contributed by atoms with Crippen molar-refractivity contribution in [3.8, 4) is 0 Å². The lowest BCUT2D eigenvalue weighted by molar-refractivity contribution is 0.0102. The fraction of sp³-hybridized carbons (Fsp3) is 0.348. The molecule has 1 atom stereocenters. The van der Waals surface area contributed by atoms with Gasteiger partial charge in [0.15, 0.2) is 11.0 Å². The Labute approximate surface area is 213 Å². The Morgan fingerprint density at radius 2 is 1.45 bits per heavy atom. The lowest BCUT2D eigenvalue weighted by Gasteiger charge is -2.27. The minimum Gasteiger partial charge on any atom is -0.363 e. The van der Waals surface area contributed by atoms with Crippen molar-refractivity contribution in [3.63, 3.8) is 0 Å². The van der Waals surface area contributed by atoms with E-state index in [-0.39, 0.29) is 11.0 Å². The Morgan fingerprint density at radius 3 is 1.94 bits per heavy atom. The van der Waals surface area contributed by atoms with Crippen LogP contribution in [0.2, 0.25) is 0 Å². The van der Waals surface area contributed by atoms with Crippen molar-refractivity contribution in [1.82, 2.24) is 4.90 Å². The largest absolute Gasteiger partial charge is 0.445 e. The summed E-state index contributed by atoms with van der Waals surface area (Å²) >= 11 is 24.6. The number of carbonyl (C=O) groups excluding carboxylic acids is 1. The molecule has 0 fully saturated rings. The van der Waals surface area contributed by atoms with E-state index in [1.807, 2.05) is 65.8 Å². The van der Waals surface area contributed by atoms with E-state index in [0.717, 1.165) is 38.3 Å². The van der Waals surface area contributed by atoms with Gasteiger partial charge in [0.25, 0.3) is 6.23 Å². The molecule has 0 unspecified atom stereocenters. The highest BCUT2D eigenvalue weighted by Crippen LogP contribution is 2.39. The number of hydrogen-bond acceptors (Lipinski definition) is 5. The van der Waals surface area contributed by atoms with E-state index < -0.39 is 16.1 Å². The molecule has 0 aliphatic carbocycles. The summed E-state index contributed by atoms with van der Waals surface area (Å²) in [6.07, 6.45) is -2.32. The number of oxime groups is 2. The fourth-order valence-electron chi connectivity index (χ4n) is 4.06. The van der Waals surface area contributed by atoms with Crippen LogP contribution in [0.5, 0.6) is 0 Å². The van der Waals surface area contributed by atoms with Gasteiger partial charge in [-0.1, -0.05) is 92.1 Å². The zero-order chi connectivity index (χ0) is 24.7. The number of alkyl halides is 3. The third-order valence-corrected chi connectivity index (χ3v) is 5.98. The first kappa shape index (κ1) is 25.6. The minimum atomic E-state index is -2.01. The van der Waals surface area contributed by atoms with Gasteiger partial charge in [-0.25, -0.2) is 9.69 Å². The normalized spacial score (nSPS) is 16.5. The molecular formula is C23H23Cl4N3O3. The van der Waals surface area contributed by atoms with E-state index in [1.165, 1.54) is 0 Å². The predicted molar refractivity (Wildman–Crippen MR) is 134 cm³/mol. The Kier molecular flexibility index (Phi) is 7.54. The van der Waals surface area contributed by atoms with Crippen LogP contribution in [0.25, 0.3) is 0 Å². The van der Waals surface area contributed by atoms with Crippen LogP contribution in [0, 0.1) is 41.5 Å². The number of halogens is 4. The topological polar surface area (TPSA) is 63.5 Å². The summed E-state index contributed by atoms with van der Waals surface area (Å²) in [5.74, 6) is 0.153. The fourth-order valence-corrected chi connectivity index (χ4v) is 4.81. The van der Waals surface area contributed by atoms with E-state index in [0.29, 0.717) is 11.1 Å². The van der Waals surface area contributed by atoms with Crippen molar-refractivity contribution >= 4 is 63.5 Å². The van der Waals surface area contributed by atoms with Crippen LogP contribution in [0.4, 0.5) is 4.79 Å². The standard InChI is InChI=1S/C23H23Cl4N3O3/c1-11-7-13(3)17(14(4)8-11)19(24)28-33-22(31)30-20(29-32-21(30)23(25,26)27)18-15(5)9-12(2)10-16(18)6/h7-10,21H,1-6H3/t21-/m0/s1. The summed E-state index contributed by atoms with van der Waals surface area (Å²) in [6, 6.07) is 7.83. The number of aryl methyl sites for hydroxylation is 6. The molecule has 1 amide bonds. The van der Waals surface area contributed by atoms with Crippen molar-refractivity contribution < 1.29 is 14.5 Å². The molecule has 33 heavy (non-hydrogen) atoms. The van der Waals surface area contributed by atoms with Gasteiger partial charge in [0.1, 0.15) is 0 Å². The molecular weight excluding hydrogens is 508 g/mol. The molecule has 3 rings (SSSR count). The molecule has 0 radical (unpaired) electrons. The van der Waals surface area contributed by atoms with Crippen molar-refractivity contribution in [2.45, 2.75) is 51.6 Å². The maximum Gasteiger partial charge on any atom is 0.445 e. The first-order valence-corrected chi connectivity index (χ1v) is 11.5. The number of carbonyl (C=O) groups is 1. The van der Waals surface area contributed by atoms with Gasteiger partial charge in [-0.05, 0) is 63.8 Å². The van der Waals surface area contributed by atoms with E-state index in [2.05, 4.69) is 10.3 Å². The lowest BCUT2D eigenvalue weighted by Crippen LogP contribution is -2.48. The van der Waals surface area contributed by atoms with Gasteiger partial charge in [-0.2, -0.15) is 0 Å². The Bertz CT molecular complexity index is 1130. The van der Waals surface area contributed by atoms with Crippen molar-refractivity contribution in [2.24, 2.45) is 10.3 Å². The molecule has 0 N–H and O–H groups in total. The average molecular weight is 531 g/mol. The molecule has 0 aromatic heterocycles. The monoisotopic (exact) mass is 529 g/mol. The SMILES string of the molecule is Cc1cc(C)c(C(Cl)=NOC(=O)N2C(c3c(C)cc(C)cc3C)=NO[C@H]2C(Cl)(Cl)Cl)c(C)c1. The molecule has 1 heterocycles. The summed E-state index contributed by atoms with van der Waals surface area (Å²) in [6.45, 7) is 11.5. The maximum absolute atomic E-state index is 13.1. The van der Waals surface area contributed by atoms with Crippen molar-refractivity contribution in [2.75, 3.05) is 0 Å². The van der Waals surface area contributed by atoms with E-state index in [9.17, 15) is 4.79 Å². The first-order chi connectivity index (χ1) is 15.3. The molecule has 0 bridgehead atoms. The molecule has 2 aromatic rings. The number of hydrogen-bond donors (Lipinski definition) is 0. The van der Waals surface area contributed by atoms with Crippen molar-refractivity contribution in [3.05, 3.63) is 68.8 Å². The van der Waals surface area contributed by atoms with Crippen LogP contribution in [-0.2, 0) is 9.68 Å². The van der Waals surface area contributed by atoms with Crippen LogP contribution in [0.3, 0.4) is 0 Å². The minimum absolute atomic E-state index is 0.0186. The summed E-state index contributed by atoms with van der Waals surface area (Å²) in [5, 5.41) is 7.90. The van der Waals surface area contributed by atoms with Crippen LogP contribution >= 0.6 is 46.4 Å². The smallest absolute Gasteiger partial charge is 0.363 e. The Hall–Kier alpha value is -1.99. The van der Waals surface area contributed by atoms with Crippen LogP contribution in [0.15, 0.2) is 34.6 Å². The van der Waals surface area contributed by atoms with E-state index in [1.54, 1.807) is 0 Å². The molecule has 1 aliphatic heterocycles. The first-order valence-electron chi connectivity index (χ1n) is 10.0. The predicted octanol–water partition coefficient (Wildman–Crippen LogP) is 6.96. The molecule has 6 nitrogen and oxygen atoms in total. The zero-order valence-corrected chi connectivity index (χ0v) is 22.0. The average Bonchev–Trinajstić information content (AvgIpc) is 3.09. The van der Waals surface area contributed by atoms with Gasteiger partial charge < -0.3 is 4.84 Å². The molecule has 0 saturated heterocycles. The van der Waals surface area contributed by atoms with Gasteiger partial charge in [0.2, 0.25) is 3.79 Å². The second kappa shape index (κ2) is 9.71. The molecule has 2 aromatic carbocycles. The third-order valence-electron chi connectivity index (χ3n) is 5.17. The second-order valence-corrected chi connectivity index (χ2v) is 10.8. The van der Waals surface area contributed by atoms with Crippen LogP contribution in [0.1, 0.15) is 44.5 Å².